The number of nitrogens with one attached hydrogen (secondary N) is 1. The summed E-state index contributed by atoms with van der Waals surface area (Å²) < 4.78 is 5.80. The van der Waals surface area contributed by atoms with Gasteiger partial charge in [-0.05, 0) is 31.9 Å². The maximum Gasteiger partial charge on any atom is 0.228 e. The summed E-state index contributed by atoms with van der Waals surface area (Å²) in [5.74, 6) is 0.769. The first-order valence-electron chi connectivity index (χ1n) is 7.55. The second-order valence-corrected chi connectivity index (χ2v) is 5.57. The molecule has 1 atom stereocenters. The molecule has 1 aromatic carbocycles. The number of rotatable bonds is 6. The van der Waals surface area contributed by atoms with E-state index in [-0.39, 0.29) is 24.4 Å². The summed E-state index contributed by atoms with van der Waals surface area (Å²) in [5.41, 5.74) is 6.17. The Morgan fingerprint density at radius 1 is 1.32 bits per heavy atom. The second-order valence-electron chi connectivity index (χ2n) is 5.57. The summed E-state index contributed by atoms with van der Waals surface area (Å²) in [4.78, 5) is 12.5. The van der Waals surface area contributed by atoms with Gasteiger partial charge in [0.2, 0.25) is 5.91 Å². The van der Waals surface area contributed by atoms with Crippen molar-refractivity contribution in [1.82, 2.24) is 5.32 Å². The summed E-state index contributed by atoms with van der Waals surface area (Å²) in [5, 5.41) is 4.08. The lowest BCUT2D eigenvalue weighted by atomic mass is 9.81. The van der Waals surface area contributed by atoms with Gasteiger partial charge < -0.3 is 15.5 Å². The molecule has 0 aliphatic rings. The number of nitrogens with two attached hydrogens (primary N) is 1. The summed E-state index contributed by atoms with van der Waals surface area (Å²) in [7, 11) is 0. The molecule has 1 heterocycles. The summed E-state index contributed by atoms with van der Waals surface area (Å²) in [6.45, 7) is 6.30. The predicted octanol–water partition coefficient (Wildman–Crippen LogP) is 3.80. The lowest BCUT2D eigenvalue weighted by molar-refractivity contribution is -0.131. The van der Waals surface area contributed by atoms with Crippen molar-refractivity contribution in [2.45, 2.75) is 39.7 Å². The van der Waals surface area contributed by atoms with Gasteiger partial charge in [-0.3, -0.25) is 4.79 Å². The van der Waals surface area contributed by atoms with Gasteiger partial charge in [-0.25, -0.2) is 0 Å². The van der Waals surface area contributed by atoms with Gasteiger partial charge in [0.05, 0.1) is 11.5 Å². The van der Waals surface area contributed by atoms with Crippen LogP contribution in [-0.4, -0.2) is 12.5 Å². The van der Waals surface area contributed by atoms with E-state index in [4.69, 9.17) is 10.2 Å². The summed E-state index contributed by atoms with van der Waals surface area (Å²) >= 11 is 0. The third-order valence-corrected chi connectivity index (χ3v) is 4.44. The molecule has 1 aromatic heterocycles. The molecule has 1 amide bonds. The van der Waals surface area contributed by atoms with Crippen LogP contribution in [0.5, 0.6) is 0 Å². The highest BCUT2D eigenvalue weighted by Crippen LogP contribution is 2.28. The van der Waals surface area contributed by atoms with Gasteiger partial charge in [0.25, 0.3) is 0 Å². The molecule has 2 aromatic rings. The van der Waals surface area contributed by atoms with Crippen LogP contribution < -0.4 is 11.1 Å². The van der Waals surface area contributed by atoms with Gasteiger partial charge in [0.1, 0.15) is 11.3 Å². The van der Waals surface area contributed by atoms with Crippen molar-refractivity contribution in [1.29, 1.82) is 0 Å². The zero-order valence-electron chi connectivity index (χ0n) is 13.4. The topological polar surface area (TPSA) is 68.3 Å². The largest absolute Gasteiger partial charge is 0.459 e. The normalized spacial score (nSPS) is 12.7. The van der Waals surface area contributed by atoms with Crippen LogP contribution in [-0.2, 0) is 4.79 Å². The Balaban J connectivity index is 0.00000242. The Bertz CT molecular complexity index is 579. The molecule has 0 spiro atoms. The lowest BCUT2D eigenvalue weighted by Gasteiger charge is -2.29. The number of carbonyl (C=O) groups is 1. The quantitative estimate of drug-likeness (QED) is 0.849. The highest BCUT2D eigenvalue weighted by atomic mass is 35.5. The maximum atomic E-state index is 12.5. The molecule has 0 fully saturated rings. The number of hydrogen-bond donors (Lipinski definition) is 2. The third kappa shape index (κ3) is 3.45. The van der Waals surface area contributed by atoms with E-state index in [1.54, 1.807) is 0 Å². The fourth-order valence-corrected chi connectivity index (χ4v) is 2.59. The molecule has 1 unspecified atom stereocenters. The first kappa shape index (κ1) is 18.5. The van der Waals surface area contributed by atoms with E-state index in [9.17, 15) is 4.79 Å². The SMILES string of the molecule is CCC(CC)(CN)C(=O)NC(C)c1cc2ccccc2o1.Cl. The first-order valence-corrected chi connectivity index (χ1v) is 7.55. The number of para-hydroxylation sites is 1. The zero-order valence-corrected chi connectivity index (χ0v) is 14.2. The molecule has 2 rings (SSSR count). The molecule has 0 radical (unpaired) electrons. The van der Waals surface area contributed by atoms with Crippen LogP contribution in [0, 0.1) is 5.41 Å². The van der Waals surface area contributed by atoms with Crippen molar-refractivity contribution >= 4 is 29.3 Å². The molecule has 5 heteroatoms. The molecule has 122 valence electrons. The number of amides is 1. The van der Waals surface area contributed by atoms with Gasteiger partial charge in [0.15, 0.2) is 0 Å². The van der Waals surface area contributed by atoms with Crippen LogP contribution >= 0.6 is 12.4 Å². The number of hydrogen-bond acceptors (Lipinski definition) is 3. The van der Waals surface area contributed by atoms with Gasteiger partial charge >= 0.3 is 0 Å². The highest BCUT2D eigenvalue weighted by Gasteiger charge is 2.34. The molecule has 4 nitrogen and oxygen atoms in total. The van der Waals surface area contributed by atoms with E-state index < -0.39 is 5.41 Å². The molecule has 0 saturated heterocycles. The van der Waals surface area contributed by atoms with Crippen molar-refractivity contribution in [3.63, 3.8) is 0 Å². The average Bonchev–Trinajstić information content (AvgIpc) is 2.93. The lowest BCUT2D eigenvalue weighted by Crippen LogP contribution is -2.45. The van der Waals surface area contributed by atoms with Crippen molar-refractivity contribution in [2.75, 3.05) is 6.54 Å². The first-order chi connectivity index (χ1) is 10.1. The molecular formula is C17H25ClN2O2. The number of halogens is 1. The number of furan rings is 1. The van der Waals surface area contributed by atoms with Gasteiger partial charge in [0, 0.05) is 11.9 Å². The smallest absolute Gasteiger partial charge is 0.228 e. The Kier molecular flexibility index (Phi) is 6.45. The van der Waals surface area contributed by atoms with E-state index in [0.29, 0.717) is 6.54 Å². The van der Waals surface area contributed by atoms with Crippen molar-refractivity contribution in [3.8, 4) is 0 Å². The Labute approximate surface area is 137 Å². The second kappa shape index (κ2) is 7.65. The number of carbonyl (C=O) groups excluding carboxylic acids is 1. The van der Waals surface area contributed by atoms with E-state index in [1.165, 1.54) is 0 Å². The molecule has 22 heavy (non-hydrogen) atoms. The van der Waals surface area contributed by atoms with Crippen LogP contribution in [0.3, 0.4) is 0 Å². The van der Waals surface area contributed by atoms with Crippen molar-refractivity contribution in [3.05, 3.63) is 36.1 Å². The summed E-state index contributed by atoms with van der Waals surface area (Å²) in [6, 6.07) is 9.64. The monoisotopic (exact) mass is 324 g/mol. The van der Waals surface area contributed by atoms with E-state index in [0.717, 1.165) is 29.6 Å². The molecule has 0 bridgehead atoms. The Morgan fingerprint density at radius 3 is 2.50 bits per heavy atom. The Morgan fingerprint density at radius 2 is 1.95 bits per heavy atom. The zero-order chi connectivity index (χ0) is 15.5. The van der Waals surface area contributed by atoms with Crippen LogP contribution in [0.25, 0.3) is 11.0 Å². The van der Waals surface area contributed by atoms with Crippen molar-refractivity contribution < 1.29 is 9.21 Å². The molecule has 0 aliphatic heterocycles. The minimum Gasteiger partial charge on any atom is -0.459 e. The summed E-state index contributed by atoms with van der Waals surface area (Å²) in [6.07, 6.45) is 1.47. The molecular weight excluding hydrogens is 300 g/mol. The average molecular weight is 325 g/mol. The highest BCUT2D eigenvalue weighted by molar-refractivity contribution is 5.85. The van der Waals surface area contributed by atoms with Gasteiger partial charge in [-0.1, -0.05) is 32.0 Å². The van der Waals surface area contributed by atoms with Gasteiger partial charge in [-0.15, -0.1) is 12.4 Å². The molecule has 3 N–H and O–H groups in total. The minimum absolute atomic E-state index is 0. The number of benzene rings is 1. The van der Waals surface area contributed by atoms with Crippen molar-refractivity contribution in [2.24, 2.45) is 11.1 Å². The van der Waals surface area contributed by atoms with Crippen LogP contribution in [0.1, 0.15) is 45.4 Å². The standard InChI is InChI=1S/C17H24N2O2.ClH/c1-4-17(5-2,11-18)16(20)19-12(3)15-10-13-8-6-7-9-14(13)21-15;/h6-10,12H,4-5,11,18H2,1-3H3,(H,19,20);1H. The fourth-order valence-electron chi connectivity index (χ4n) is 2.59. The van der Waals surface area contributed by atoms with E-state index in [2.05, 4.69) is 5.32 Å². The Hall–Kier alpha value is -1.52. The predicted molar refractivity (Wildman–Crippen MR) is 92.1 cm³/mol. The van der Waals surface area contributed by atoms with Crippen LogP contribution in [0.15, 0.2) is 34.7 Å². The maximum absolute atomic E-state index is 12.5. The number of fused-ring (bicyclic) bond motifs is 1. The van der Waals surface area contributed by atoms with Gasteiger partial charge in [-0.2, -0.15) is 0 Å². The third-order valence-electron chi connectivity index (χ3n) is 4.44. The van der Waals surface area contributed by atoms with E-state index in [1.807, 2.05) is 51.1 Å². The van der Waals surface area contributed by atoms with Crippen LogP contribution in [0.2, 0.25) is 0 Å². The van der Waals surface area contributed by atoms with E-state index >= 15 is 0 Å². The molecule has 0 aliphatic carbocycles. The fraction of sp³-hybridized carbons (Fsp3) is 0.471. The minimum atomic E-state index is -0.486. The molecule has 0 saturated carbocycles. The van der Waals surface area contributed by atoms with Crippen LogP contribution in [0.4, 0.5) is 0 Å².